The van der Waals surface area contributed by atoms with E-state index in [2.05, 4.69) is 26.3 Å². The van der Waals surface area contributed by atoms with Crippen LogP contribution in [0, 0.1) is 11.6 Å². The summed E-state index contributed by atoms with van der Waals surface area (Å²) in [6.07, 6.45) is 4.83. The fraction of sp³-hybridized carbons (Fsp3) is 0.500. The Labute approximate surface area is 141 Å². The Morgan fingerprint density at radius 2 is 1.79 bits per heavy atom. The smallest absolute Gasteiger partial charge is 0.127 e. The molecule has 0 spiro atoms. The van der Waals surface area contributed by atoms with Crippen LogP contribution in [-0.4, -0.2) is 52.1 Å². The number of piperazine rings is 1. The number of aromatic nitrogens is 2. The number of halogens is 2. The molecule has 0 atom stereocenters. The molecular formula is C18H24F2N4. The van der Waals surface area contributed by atoms with Crippen LogP contribution < -0.4 is 0 Å². The van der Waals surface area contributed by atoms with E-state index in [4.69, 9.17) is 0 Å². The van der Waals surface area contributed by atoms with Crippen molar-refractivity contribution in [3.63, 3.8) is 0 Å². The van der Waals surface area contributed by atoms with Crippen molar-refractivity contribution in [3.05, 3.63) is 53.6 Å². The normalized spacial score (nSPS) is 16.6. The molecule has 0 radical (unpaired) electrons. The molecule has 2 aromatic rings. The summed E-state index contributed by atoms with van der Waals surface area (Å²) in [5.41, 5.74) is 0.439. The molecule has 1 aromatic heterocycles. The minimum atomic E-state index is -0.378. The number of nitrogens with zero attached hydrogens (tertiary/aromatic N) is 4. The molecule has 3 rings (SSSR count). The van der Waals surface area contributed by atoms with Crippen LogP contribution in [0.3, 0.4) is 0 Å². The van der Waals surface area contributed by atoms with Crippen molar-refractivity contribution in [2.75, 3.05) is 32.7 Å². The number of aryl methyl sites for hydroxylation is 1. The Hall–Kier alpha value is -1.79. The van der Waals surface area contributed by atoms with Gasteiger partial charge in [-0.15, -0.1) is 0 Å². The third-order valence-electron chi connectivity index (χ3n) is 4.64. The third kappa shape index (κ3) is 4.19. The molecule has 4 nitrogen and oxygen atoms in total. The van der Waals surface area contributed by atoms with Gasteiger partial charge in [-0.05, 0) is 18.2 Å². The van der Waals surface area contributed by atoms with Gasteiger partial charge in [0, 0.05) is 70.2 Å². The van der Waals surface area contributed by atoms with Crippen LogP contribution in [0.2, 0.25) is 0 Å². The lowest BCUT2D eigenvalue weighted by Gasteiger charge is -2.34. The van der Waals surface area contributed by atoms with Crippen LogP contribution in [0.5, 0.6) is 0 Å². The Morgan fingerprint density at radius 1 is 1.04 bits per heavy atom. The molecule has 1 aliphatic rings. The minimum Gasteiger partial charge on any atom is -0.334 e. The molecule has 1 saturated heterocycles. The summed E-state index contributed by atoms with van der Waals surface area (Å²) in [5, 5.41) is 0. The molecule has 6 heteroatoms. The van der Waals surface area contributed by atoms with E-state index in [0.717, 1.165) is 57.6 Å². The standard InChI is InChI=1S/C18H24F2N4/c1-2-18-21-5-6-24(18)12-11-22-7-9-23(10-8-22)14-15-13-16(19)3-4-17(15)20/h3-6,13H,2,7-12,14H2,1H3. The van der Waals surface area contributed by atoms with E-state index in [9.17, 15) is 8.78 Å². The summed E-state index contributed by atoms with van der Waals surface area (Å²) < 4.78 is 29.2. The Bertz CT molecular complexity index is 663. The van der Waals surface area contributed by atoms with E-state index in [-0.39, 0.29) is 11.6 Å². The molecular weight excluding hydrogens is 310 g/mol. The van der Waals surface area contributed by atoms with Crippen LogP contribution >= 0.6 is 0 Å². The van der Waals surface area contributed by atoms with Crippen molar-refractivity contribution in [2.45, 2.75) is 26.4 Å². The van der Waals surface area contributed by atoms with E-state index in [1.165, 1.54) is 12.1 Å². The molecule has 0 amide bonds. The second-order valence-electron chi connectivity index (χ2n) is 6.24. The lowest BCUT2D eigenvalue weighted by Crippen LogP contribution is -2.46. The first kappa shape index (κ1) is 17.0. The summed E-state index contributed by atoms with van der Waals surface area (Å²) in [6.45, 7) is 8.18. The van der Waals surface area contributed by atoms with Gasteiger partial charge < -0.3 is 4.57 Å². The maximum atomic E-state index is 13.7. The van der Waals surface area contributed by atoms with Crippen molar-refractivity contribution in [1.29, 1.82) is 0 Å². The summed E-state index contributed by atoms with van der Waals surface area (Å²) >= 11 is 0. The van der Waals surface area contributed by atoms with Crippen LogP contribution in [0.25, 0.3) is 0 Å². The number of rotatable bonds is 6. The predicted molar refractivity (Wildman–Crippen MR) is 89.7 cm³/mol. The number of hydrogen-bond acceptors (Lipinski definition) is 3. The highest BCUT2D eigenvalue weighted by atomic mass is 19.1. The molecule has 0 bridgehead atoms. The molecule has 24 heavy (non-hydrogen) atoms. The van der Waals surface area contributed by atoms with Gasteiger partial charge in [-0.25, -0.2) is 13.8 Å². The Kier molecular flexibility index (Phi) is 5.58. The molecule has 0 aliphatic carbocycles. The second-order valence-corrected chi connectivity index (χ2v) is 6.24. The zero-order valence-electron chi connectivity index (χ0n) is 14.1. The summed E-state index contributed by atoms with van der Waals surface area (Å²) in [7, 11) is 0. The highest BCUT2D eigenvalue weighted by molar-refractivity contribution is 5.18. The highest BCUT2D eigenvalue weighted by Gasteiger charge is 2.18. The van der Waals surface area contributed by atoms with Crippen molar-refractivity contribution in [1.82, 2.24) is 19.4 Å². The number of imidazole rings is 1. The lowest BCUT2D eigenvalue weighted by molar-refractivity contribution is 0.123. The summed E-state index contributed by atoms with van der Waals surface area (Å²) in [5.74, 6) is 0.415. The molecule has 0 unspecified atom stereocenters. The molecule has 0 N–H and O–H groups in total. The van der Waals surface area contributed by atoms with Gasteiger partial charge in [-0.1, -0.05) is 6.92 Å². The quantitative estimate of drug-likeness (QED) is 0.811. The number of hydrogen-bond donors (Lipinski definition) is 0. The van der Waals surface area contributed by atoms with Gasteiger partial charge in [0.2, 0.25) is 0 Å². The fourth-order valence-electron chi connectivity index (χ4n) is 3.18. The van der Waals surface area contributed by atoms with E-state index in [1.807, 2.05) is 12.4 Å². The van der Waals surface area contributed by atoms with E-state index < -0.39 is 0 Å². The maximum Gasteiger partial charge on any atom is 0.127 e. The number of benzene rings is 1. The third-order valence-corrected chi connectivity index (χ3v) is 4.64. The maximum absolute atomic E-state index is 13.7. The molecule has 1 aromatic carbocycles. The minimum absolute atomic E-state index is 0.328. The van der Waals surface area contributed by atoms with Gasteiger partial charge >= 0.3 is 0 Å². The zero-order chi connectivity index (χ0) is 16.9. The van der Waals surface area contributed by atoms with Gasteiger partial charge in [-0.2, -0.15) is 0 Å². The second kappa shape index (κ2) is 7.85. The van der Waals surface area contributed by atoms with E-state index in [1.54, 1.807) is 0 Å². The molecule has 1 aliphatic heterocycles. The first-order valence-electron chi connectivity index (χ1n) is 8.54. The SMILES string of the molecule is CCc1nccn1CCN1CCN(Cc2cc(F)ccc2F)CC1. The van der Waals surface area contributed by atoms with Gasteiger partial charge in [0.25, 0.3) is 0 Å². The van der Waals surface area contributed by atoms with Gasteiger partial charge in [0.05, 0.1) is 0 Å². The predicted octanol–water partition coefficient (Wildman–Crippen LogP) is 2.54. The van der Waals surface area contributed by atoms with Gasteiger partial charge in [-0.3, -0.25) is 9.80 Å². The summed E-state index contributed by atoms with van der Waals surface area (Å²) in [4.78, 5) is 8.94. The first-order valence-corrected chi connectivity index (χ1v) is 8.54. The van der Waals surface area contributed by atoms with E-state index in [0.29, 0.717) is 12.1 Å². The van der Waals surface area contributed by atoms with Crippen molar-refractivity contribution in [3.8, 4) is 0 Å². The highest BCUT2D eigenvalue weighted by Crippen LogP contribution is 2.14. The average molecular weight is 334 g/mol. The molecule has 1 fully saturated rings. The van der Waals surface area contributed by atoms with Crippen molar-refractivity contribution >= 4 is 0 Å². The largest absolute Gasteiger partial charge is 0.334 e. The molecule has 2 heterocycles. The monoisotopic (exact) mass is 334 g/mol. The van der Waals surface area contributed by atoms with Gasteiger partial charge in [0.15, 0.2) is 0 Å². The zero-order valence-corrected chi connectivity index (χ0v) is 14.1. The first-order chi connectivity index (χ1) is 11.7. The molecule has 130 valence electrons. The lowest BCUT2D eigenvalue weighted by atomic mass is 10.1. The van der Waals surface area contributed by atoms with E-state index >= 15 is 0 Å². The Balaban J connectivity index is 1.46. The van der Waals surface area contributed by atoms with Crippen LogP contribution in [-0.2, 0) is 19.5 Å². The van der Waals surface area contributed by atoms with Crippen LogP contribution in [0.4, 0.5) is 8.78 Å². The van der Waals surface area contributed by atoms with Crippen molar-refractivity contribution < 1.29 is 8.78 Å². The Morgan fingerprint density at radius 3 is 2.54 bits per heavy atom. The van der Waals surface area contributed by atoms with Crippen LogP contribution in [0.15, 0.2) is 30.6 Å². The van der Waals surface area contributed by atoms with Gasteiger partial charge in [0.1, 0.15) is 17.5 Å². The fourth-order valence-corrected chi connectivity index (χ4v) is 3.18. The average Bonchev–Trinajstić information content (AvgIpc) is 3.05. The van der Waals surface area contributed by atoms with Crippen molar-refractivity contribution in [2.24, 2.45) is 0 Å². The molecule has 0 saturated carbocycles. The topological polar surface area (TPSA) is 24.3 Å². The summed E-state index contributed by atoms with van der Waals surface area (Å²) in [6, 6.07) is 3.67. The van der Waals surface area contributed by atoms with Crippen LogP contribution in [0.1, 0.15) is 18.3 Å².